The molecular weight excluding hydrogens is 360 g/mol. The van der Waals surface area contributed by atoms with Crippen LogP contribution in [-0.2, 0) is 0 Å². The molecule has 0 amide bonds. The number of halogens is 1. The number of hydrogen-bond donors (Lipinski definition) is 0. The monoisotopic (exact) mass is 376 g/mol. The lowest BCUT2D eigenvalue weighted by atomic mass is 9.85. The van der Waals surface area contributed by atoms with Gasteiger partial charge in [-0.1, -0.05) is 96.5 Å². The molecule has 1 unspecified atom stereocenters. The third-order valence-corrected chi connectivity index (χ3v) is 6.26. The van der Waals surface area contributed by atoms with Crippen molar-refractivity contribution in [2.24, 2.45) is 0 Å². The van der Waals surface area contributed by atoms with Crippen LogP contribution in [0.5, 0.6) is 0 Å². The molecule has 0 fully saturated rings. The van der Waals surface area contributed by atoms with Gasteiger partial charge >= 0.3 is 0 Å². The maximum Gasteiger partial charge on any atom is 0.0406 e. The van der Waals surface area contributed by atoms with Crippen molar-refractivity contribution >= 4 is 33.1 Å². The minimum Gasteiger partial charge on any atom is -0.0843 e. The third-order valence-electron chi connectivity index (χ3n) is 6.01. The van der Waals surface area contributed by atoms with E-state index in [9.17, 15) is 0 Å². The summed E-state index contributed by atoms with van der Waals surface area (Å²) < 4.78 is 0. The SMILES string of the molecule is Clc1ccc(C2c3ccccc3-c3c2c2ccccc2c2ccccc32)cc1. The Balaban J connectivity index is 1.83. The molecule has 0 aromatic heterocycles. The Morgan fingerprint density at radius 2 is 1.11 bits per heavy atom. The first kappa shape index (κ1) is 15.9. The number of fused-ring (bicyclic) bond motifs is 8. The van der Waals surface area contributed by atoms with Gasteiger partial charge in [-0.15, -0.1) is 0 Å². The van der Waals surface area contributed by atoms with Crippen LogP contribution in [0.3, 0.4) is 0 Å². The Morgan fingerprint density at radius 3 is 1.86 bits per heavy atom. The Hall–Kier alpha value is -3.09. The van der Waals surface area contributed by atoms with Gasteiger partial charge in [-0.05, 0) is 61.5 Å². The molecule has 1 aliphatic carbocycles. The summed E-state index contributed by atoms with van der Waals surface area (Å²) >= 11 is 6.19. The van der Waals surface area contributed by atoms with E-state index in [2.05, 4.69) is 84.9 Å². The number of benzene rings is 5. The molecule has 5 aromatic carbocycles. The molecule has 1 heteroatoms. The minimum atomic E-state index is 0.220. The second kappa shape index (κ2) is 5.95. The van der Waals surface area contributed by atoms with Gasteiger partial charge in [-0.2, -0.15) is 0 Å². The van der Waals surface area contributed by atoms with Gasteiger partial charge in [0.25, 0.3) is 0 Å². The largest absolute Gasteiger partial charge is 0.0843 e. The van der Waals surface area contributed by atoms with Crippen molar-refractivity contribution in [3.63, 3.8) is 0 Å². The highest BCUT2D eigenvalue weighted by molar-refractivity contribution is 6.30. The second-order valence-corrected chi connectivity index (χ2v) is 7.89. The Labute approximate surface area is 169 Å². The van der Waals surface area contributed by atoms with Gasteiger partial charge in [0.15, 0.2) is 0 Å². The van der Waals surface area contributed by atoms with Gasteiger partial charge < -0.3 is 0 Å². The van der Waals surface area contributed by atoms with Crippen LogP contribution in [-0.4, -0.2) is 0 Å². The zero-order chi connectivity index (χ0) is 18.7. The zero-order valence-electron chi connectivity index (χ0n) is 15.2. The molecule has 132 valence electrons. The Kier molecular flexibility index (Phi) is 3.38. The third kappa shape index (κ3) is 2.13. The molecule has 6 rings (SSSR count). The molecule has 0 bridgehead atoms. The standard InChI is InChI=1S/C27H17Cl/c28-18-15-13-17(14-16-18)25-23-11-5-6-12-24(23)26-21-9-3-1-7-19(21)20-8-2-4-10-22(20)27(25)26/h1-16,25H. The smallest absolute Gasteiger partial charge is 0.0406 e. The molecule has 0 saturated heterocycles. The van der Waals surface area contributed by atoms with Crippen LogP contribution in [0.1, 0.15) is 22.6 Å². The van der Waals surface area contributed by atoms with Gasteiger partial charge in [0.1, 0.15) is 0 Å². The van der Waals surface area contributed by atoms with Crippen molar-refractivity contribution in [3.8, 4) is 11.1 Å². The van der Waals surface area contributed by atoms with E-state index in [1.165, 1.54) is 49.4 Å². The lowest BCUT2D eigenvalue weighted by Gasteiger charge is -2.18. The molecule has 0 N–H and O–H groups in total. The van der Waals surface area contributed by atoms with E-state index in [-0.39, 0.29) is 5.92 Å². The van der Waals surface area contributed by atoms with Crippen LogP contribution in [0.25, 0.3) is 32.7 Å². The van der Waals surface area contributed by atoms with Gasteiger partial charge in [0, 0.05) is 10.9 Å². The molecule has 0 saturated carbocycles. The van der Waals surface area contributed by atoms with E-state index in [0.717, 1.165) is 5.02 Å². The Bertz CT molecular complexity index is 1360. The first-order valence-corrected chi connectivity index (χ1v) is 9.99. The number of hydrogen-bond acceptors (Lipinski definition) is 0. The lowest BCUT2D eigenvalue weighted by molar-refractivity contribution is 1.03. The Morgan fingerprint density at radius 1 is 0.536 bits per heavy atom. The molecular formula is C27H17Cl. The van der Waals surface area contributed by atoms with Crippen molar-refractivity contribution in [2.45, 2.75) is 5.92 Å². The summed E-state index contributed by atoms with van der Waals surface area (Å²) in [6, 6.07) is 34.8. The molecule has 1 atom stereocenters. The fourth-order valence-corrected chi connectivity index (χ4v) is 5.02. The highest BCUT2D eigenvalue weighted by Gasteiger charge is 2.33. The van der Waals surface area contributed by atoms with Crippen LogP contribution >= 0.6 is 11.6 Å². The van der Waals surface area contributed by atoms with E-state index in [1.807, 2.05) is 12.1 Å². The second-order valence-electron chi connectivity index (χ2n) is 7.45. The van der Waals surface area contributed by atoms with Crippen LogP contribution < -0.4 is 0 Å². The van der Waals surface area contributed by atoms with Gasteiger partial charge in [-0.25, -0.2) is 0 Å². The van der Waals surface area contributed by atoms with E-state index >= 15 is 0 Å². The first-order chi connectivity index (χ1) is 13.8. The lowest BCUT2D eigenvalue weighted by Crippen LogP contribution is -2.00. The zero-order valence-corrected chi connectivity index (χ0v) is 15.9. The summed E-state index contributed by atoms with van der Waals surface area (Å²) in [5.74, 6) is 0.220. The van der Waals surface area contributed by atoms with E-state index in [0.29, 0.717) is 0 Å². The predicted molar refractivity (Wildman–Crippen MR) is 119 cm³/mol. The summed E-state index contributed by atoms with van der Waals surface area (Å²) in [6.07, 6.45) is 0. The van der Waals surface area contributed by atoms with Crippen molar-refractivity contribution in [1.82, 2.24) is 0 Å². The average Bonchev–Trinajstić information content (AvgIpc) is 3.10. The summed E-state index contributed by atoms with van der Waals surface area (Å²) in [5, 5.41) is 6.10. The maximum atomic E-state index is 6.19. The van der Waals surface area contributed by atoms with Crippen LogP contribution in [0.15, 0.2) is 97.1 Å². The fraction of sp³-hybridized carbons (Fsp3) is 0.0370. The molecule has 0 spiro atoms. The highest BCUT2D eigenvalue weighted by atomic mass is 35.5. The highest BCUT2D eigenvalue weighted by Crippen LogP contribution is 2.53. The van der Waals surface area contributed by atoms with Gasteiger partial charge in [0.2, 0.25) is 0 Å². The first-order valence-electron chi connectivity index (χ1n) is 9.61. The van der Waals surface area contributed by atoms with Crippen LogP contribution in [0.2, 0.25) is 5.02 Å². The summed E-state index contributed by atoms with van der Waals surface area (Å²) in [6.45, 7) is 0. The molecule has 0 radical (unpaired) electrons. The van der Waals surface area contributed by atoms with Crippen molar-refractivity contribution in [3.05, 3.63) is 119 Å². The molecule has 0 aliphatic heterocycles. The van der Waals surface area contributed by atoms with Gasteiger partial charge in [-0.3, -0.25) is 0 Å². The number of rotatable bonds is 1. The molecule has 0 nitrogen and oxygen atoms in total. The van der Waals surface area contributed by atoms with E-state index in [4.69, 9.17) is 11.6 Å². The van der Waals surface area contributed by atoms with E-state index < -0.39 is 0 Å². The maximum absolute atomic E-state index is 6.19. The summed E-state index contributed by atoms with van der Waals surface area (Å²) in [4.78, 5) is 0. The quantitative estimate of drug-likeness (QED) is 0.257. The minimum absolute atomic E-state index is 0.220. The average molecular weight is 377 g/mol. The van der Waals surface area contributed by atoms with Crippen molar-refractivity contribution < 1.29 is 0 Å². The van der Waals surface area contributed by atoms with Crippen LogP contribution in [0, 0.1) is 0 Å². The van der Waals surface area contributed by atoms with E-state index in [1.54, 1.807) is 0 Å². The summed E-state index contributed by atoms with van der Waals surface area (Å²) in [5.41, 5.74) is 6.81. The van der Waals surface area contributed by atoms with Gasteiger partial charge in [0.05, 0.1) is 0 Å². The topological polar surface area (TPSA) is 0 Å². The molecule has 0 heterocycles. The molecule has 28 heavy (non-hydrogen) atoms. The fourth-order valence-electron chi connectivity index (χ4n) is 4.89. The van der Waals surface area contributed by atoms with Crippen LogP contribution in [0.4, 0.5) is 0 Å². The normalized spacial score (nSPS) is 15.0. The molecule has 5 aromatic rings. The predicted octanol–water partition coefficient (Wildman–Crippen LogP) is 7.81. The van der Waals surface area contributed by atoms with Crippen molar-refractivity contribution in [2.75, 3.05) is 0 Å². The molecule has 1 aliphatic rings. The van der Waals surface area contributed by atoms with Crippen molar-refractivity contribution in [1.29, 1.82) is 0 Å². The summed E-state index contributed by atoms with van der Waals surface area (Å²) in [7, 11) is 0.